The average molecular weight is 619 g/mol. The maximum Gasteiger partial charge on any atom is 0.312 e. The lowest BCUT2D eigenvalue weighted by Crippen LogP contribution is -2.64. The second kappa shape index (κ2) is 12.3. The predicted molar refractivity (Wildman–Crippen MR) is 153 cm³/mol. The van der Waals surface area contributed by atoms with E-state index in [0.29, 0.717) is 44.5 Å². The number of nitrogens with two attached hydrogens (primary N) is 1. The van der Waals surface area contributed by atoms with Crippen molar-refractivity contribution < 1.29 is 19.5 Å². The van der Waals surface area contributed by atoms with Crippen LogP contribution in [0.15, 0.2) is 35.1 Å². The summed E-state index contributed by atoms with van der Waals surface area (Å²) in [5.41, 5.74) is 6.22. The Morgan fingerprint density at radius 1 is 1.30 bits per heavy atom. The van der Waals surface area contributed by atoms with E-state index < -0.39 is 23.5 Å². The van der Waals surface area contributed by atoms with E-state index in [0.717, 1.165) is 16.2 Å². The van der Waals surface area contributed by atoms with Gasteiger partial charge in [-0.15, -0.1) is 23.5 Å². The molecule has 1 saturated heterocycles. The minimum atomic E-state index is -1.26. The Hall–Kier alpha value is -1.87. The van der Waals surface area contributed by atoms with Crippen LogP contribution in [0.2, 0.25) is 10.0 Å². The van der Waals surface area contributed by atoms with Crippen molar-refractivity contribution in [2.75, 3.05) is 17.6 Å². The minimum absolute atomic E-state index is 0.206. The standard InChI is InChI=1S/C22H21Cl2N5O4S4/c23-12-4-3-10(6-13(12)24)36-18-20(33)29-19(27-15(30)7-17(31)32)11(9-35-21(18)29)14-8-26-22(37-14)28-16(34)2-1-5-25/h3-4,6,8,18,21H,1-2,5,7,9,25H2,(H,27,30)(H,31,32)(H,26,28,34). The van der Waals surface area contributed by atoms with Crippen molar-refractivity contribution in [2.45, 2.75) is 34.8 Å². The number of carboxylic acid groups (broad SMARTS) is 1. The second-order valence-corrected chi connectivity index (χ2v) is 12.6. The summed E-state index contributed by atoms with van der Waals surface area (Å²) in [6, 6.07) is 5.18. The van der Waals surface area contributed by atoms with Crippen molar-refractivity contribution in [1.29, 1.82) is 0 Å². The van der Waals surface area contributed by atoms with Crippen LogP contribution in [-0.4, -0.2) is 60.7 Å². The van der Waals surface area contributed by atoms with Gasteiger partial charge in [-0.05, 0) is 37.6 Å². The Morgan fingerprint density at radius 3 is 2.78 bits per heavy atom. The van der Waals surface area contributed by atoms with E-state index in [1.54, 1.807) is 36.2 Å². The summed E-state index contributed by atoms with van der Waals surface area (Å²) in [7, 11) is 0. The van der Waals surface area contributed by atoms with E-state index in [1.807, 2.05) is 0 Å². The van der Waals surface area contributed by atoms with E-state index in [4.69, 9.17) is 46.3 Å². The molecule has 4 rings (SSSR count). The summed E-state index contributed by atoms with van der Waals surface area (Å²) in [6.07, 6.45) is 2.32. The number of nitrogens with one attached hydrogen (secondary N) is 2. The normalized spacial score (nSPS) is 18.8. The highest BCUT2D eigenvalue weighted by molar-refractivity contribution is 8.04. The average Bonchev–Trinajstić information content (AvgIpc) is 3.30. The maximum atomic E-state index is 13.3. The molecule has 15 heteroatoms. The number of benzene rings is 1. The van der Waals surface area contributed by atoms with Gasteiger partial charge in [0.1, 0.15) is 22.9 Å². The Morgan fingerprint density at radius 2 is 2.08 bits per heavy atom. The van der Waals surface area contributed by atoms with Crippen LogP contribution in [0.4, 0.5) is 5.13 Å². The zero-order chi connectivity index (χ0) is 26.7. The molecule has 0 saturated carbocycles. The summed E-state index contributed by atoms with van der Waals surface area (Å²) in [5.74, 6) is -1.42. The number of aromatic nitrogens is 1. The van der Waals surface area contributed by atoms with E-state index in [9.17, 15) is 14.4 Å². The number of rotatable bonds is 10. The number of carbonyl (C=O) groups excluding carboxylic acids is 2. The molecule has 0 spiro atoms. The first kappa shape index (κ1) is 28.1. The molecule has 2 aliphatic rings. The summed E-state index contributed by atoms with van der Waals surface area (Å²) >= 11 is 21.7. The Balaban J connectivity index is 1.58. The number of amides is 2. The lowest BCUT2D eigenvalue weighted by atomic mass is 10.1. The SMILES string of the molecule is NCCCC(=S)Nc1ncc(C2=C(NC(=O)CC(=O)O)N3C(=O)C(Sc4ccc(Cl)c(Cl)c4)C3SC2)s1. The van der Waals surface area contributed by atoms with Crippen LogP contribution in [-0.2, 0) is 14.4 Å². The van der Waals surface area contributed by atoms with Crippen LogP contribution in [0.5, 0.6) is 0 Å². The molecule has 0 bridgehead atoms. The van der Waals surface area contributed by atoms with E-state index >= 15 is 0 Å². The zero-order valence-corrected chi connectivity index (χ0v) is 23.8. The number of carboxylic acids is 1. The Kier molecular flexibility index (Phi) is 9.38. The Labute approximate surface area is 240 Å². The van der Waals surface area contributed by atoms with Crippen LogP contribution in [0, 0.1) is 0 Å². The van der Waals surface area contributed by atoms with Crippen LogP contribution in [0.25, 0.3) is 5.57 Å². The van der Waals surface area contributed by atoms with E-state index in [-0.39, 0.29) is 17.1 Å². The molecular weight excluding hydrogens is 597 g/mol. The van der Waals surface area contributed by atoms with Crippen LogP contribution in [0.1, 0.15) is 24.1 Å². The number of halogens is 2. The van der Waals surface area contributed by atoms with Gasteiger partial charge in [-0.3, -0.25) is 19.3 Å². The van der Waals surface area contributed by atoms with Crippen molar-refractivity contribution in [3.8, 4) is 0 Å². The number of thiazole rings is 1. The quantitative estimate of drug-likeness (QED) is 0.174. The fourth-order valence-electron chi connectivity index (χ4n) is 3.58. The van der Waals surface area contributed by atoms with Gasteiger partial charge in [-0.1, -0.05) is 46.8 Å². The smallest absolute Gasteiger partial charge is 0.312 e. The van der Waals surface area contributed by atoms with Crippen molar-refractivity contribution >= 4 is 104 Å². The lowest BCUT2D eigenvalue weighted by molar-refractivity contribution is -0.140. The van der Waals surface area contributed by atoms with Crippen molar-refractivity contribution in [3.63, 3.8) is 0 Å². The van der Waals surface area contributed by atoms with Gasteiger partial charge in [0.05, 0.1) is 19.9 Å². The molecule has 5 N–H and O–H groups in total. The van der Waals surface area contributed by atoms with Gasteiger partial charge in [-0.2, -0.15) is 0 Å². The number of hydrogen-bond donors (Lipinski definition) is 4. The molecule has 2 atom stereocenters. The fraction of sp³-hybridized carbons (Fsp3) is 0.318. The van der Waals surface area contributed by atoms with Crippen LogP contribution >= 0.6 is 70.3 Å². The highest BCUT2D eigenvalue weighted by Gasteiger charge is 2.53. The highest BCUT2D eigenvalue weighted by atomic mass is 35.5. The first-order chi connectivity index (χ1) is 17.7. The number of anilines is 1. The van der Waals surface area contributed by atoms with Gasteiger partial charge in [-0.25, -0.2) is 4.98 Å². The molecule has 1 aromatic carbocycles. The number of carbonyl (C=O) groups is 3. The third-order valence-corrected chi connectivity index (χ3v) is 10.0. The third-order valence-electron chi connectivity index (χ3n) is 5.30. The molecule has 0 aliphatic carbocycles. The molecular formula is C22H21Cl2N5O4S4. The molecule has 2 aromatic rings. The van der Waals surface area contributed by atoms with Crippen LogP contribution in [0.3, 0.4) is 0 Å². The molecule has 2 aliphatic heterocycles. The minimum Gasteiger partial charge on any atom is -0.481 e. The number of nitrogens with zero attached hydrogens (tertiary/aromatic N) is 2. The summed E-state index contributed by atoms with van der Waals surface area (Å²) in [5, 5.41) is 15.5. The largest absolute Gasteiger partial charge is 0.481 e. The molecule has 1 aromatic heterocycles. The number of fused-ring (bicyclic) bond motifs is 1. The number of thiocarbonyl (C=S) groups is 1. The number of thioether (sulfide) groups is 2. The van der Waals surface area contributed by atoms with Gasteiger partial charge in [0.15, 0.2) is 5.13 Å². The van der Waals surface area contributed by atoms with Gasteiger partial charge in [0.25, 0.3) is 0 Å². The first-order valence-electron chi connectivity index (χ1n) is 10.9. The molecule has 2 unspecified atom stereocenters. The predicted octanol–water partition coefficient (Wildman–Crippen LogP) is 4.26. The monoisotopic (exact) mass is 617 g/mol. The third kappa shape index (κ3) is 6.59. The van der Waals surface area contributed by atoms with Gasteiger partial charge >= 0.3 is 5.97 Å². The summed E-state index contributed by atoms with van der Waals surface area (Å²) in [6.45, 7) is 0.532. The van der Waals surface area contributed by atoms with Crippen LogP contribution < -0.4 is 16.4 Å². The number of hydrogen-bond acceptors (Lipinski definition) is 9. The molecule has 2 amide bonds. The van der Waals surface area contributed by atoms with E-state index in [2.05, 4.69) is 15.6 Å². The summed E-state index contributed by atoms with van der Waals surface area (Å²) < 4.78 is 0. The number of aliphatic carboxylic acids is 1. The van der Waals surface area contributed by atoms with E-state index in [1.165, 1.54) is 28.0 Å². The molecule has 9 nitrogen and oxygen atoms in total. The topological polar surface area (TPSA) is 138 Å². The van der Waals surface area contributed by atoms with Gasteiger partial charge in [0.2, 0.25) is 11.8 Å². The molecule has 37 heavy (non-hydrogen) atoms. The second-order valence-electron chi connectivity index (χ2n) is 7.94. The molecule has 196 valence electrons. The number of β-lactam (4-membered cyclic amide) rings is 1. The molecule has 3 heterocycles. The first-order valence-corrected chi connectivity index (χ1v) is 14.9. The van der Waals surface area contributed by atoms with Crippen molar-refractivity contribution in [2.24, 2.45) is 5.73 Å². The zero-order valence-electron chi connectivity index (χ0n) is 19.0. The molecule has 0 radical (unpaired) electrons. The highest BCUT2D eigenvalue weighted by Crippen LogP contribution is 2.49. The van der Waals surface area contributed by atoms with Crippen molar-refractivity contribution in [3.05, 3.63) is 45.1 Å². The van der Waals surface area contributed by atoms with Crippen molar-refractivity contribution in [1.82, 2.24) is 15.2 Å². The summed E-state index contributed by atoms with van der Waals surface area (Å²) in [4.78, 5) is 44.8. The van der Waals surface area contributed by atoms with Gasteiger partial charge in [0, 0.05) is 22.4 Å². The lowest BCUT2D eigenvalue weighted by Gasteiger charge is -2.50. The molecule has 1 fully saturated rings. The fourth-order valence-corrected chi connectivity index (χ4v) is 7.98. The maximum absolute atomic E-state index is 13.3. The van der Waals surface area contributed by atoms with Gasteiger partial charge < -0.3 is 21.5 Å². The Bertz CT molecular complexity index is 1290.